The summed E-state index contributed by atoms with van der Waals surface area (Å²) in [5, 5.41) is 25.2. The van der Waals surface area contributed by atoms with E-state index in [4.69, 9.17) is 15.6 Å². The summed E-state index contributed by atoms with van der Waals surface area (Å²) in [7, 11) is 0. The fraction of sp³-hybridized carbons (Fsp3) is 0.238. The maximum Gasteiger partial charge on any atom is 0.225 e. The molecule has 1 aliphatic rings. The maximum atomic E-state index is 9.74. The normalized spacial score (nSPS) is 13.9. The number of hydrogen-bond acceptors (Lipinski definition) is 9. The van der Waals surface area contributed by atoms with Gasteiger partial charge in [-0.15, -0.1) is 5.10 Å². The Morgan fingerprint density at radius 3 is 2.97 bits per heavy atom. The molecule has 0 fully saturated rings. The summed E-state index contributed by atoms with van der Waals surface area (Å²) in [5.74, 6) is 1.87. The van der Waals surface area contributed by atoms with Gasteiger partial charge in [0.2, 0.25) is 11.8 Å². The quantitative estimate of drug-likeness (QED) is 0.349. The Labute approximate surface area is 177 Å². The minimum atomic E-state index is 0.177. The number of hydrogen-bond donors (Lipinski definition) is 4. The van der Waals surface area contributed by atoms with Gasteiger partial charge in [0.05, 0.1) is 11.8 Å². The van der Waals surface area contributed by atoms with Crippen molar-refractivity contribution in [2.75, 3.05) is 30.7 Å². The number of nitrogen functional groups attached to an aromatic ring is 1. The summed E-state index contributed by atoms with van der Waals surface area (Å²) in [5.41, 5.74) is 9.49. The molecule has 0 unspecified atom stereocenters. The number of phenolic OH excluding ortho intramolecular Hbond substituents is 1. The van der Waals surface area contributed by atoms with Crippen molar-refractivity contribution in [2.45, 2.75) is 13.0 Å². The molecule has 5 N–H and O–H groups in total. The van der Waals surface area contributed by atoms with Crippen molar-refractivity contribution in [1.29, 1.82) is 5.41 Å². The van der Waals surface area contributed by atoms with E-state index in [1.165, 1.54) is 16.3 Å². The van der Waals surface area contributed by atoms with Gasteiger partial charge in [-0.2, -0.15) is 9.50 Å². The summed E-state index contributed by atoms with van der Waals surface area (Å²) in [4.78, 5) is 11.2. The molecule has 0 aliphatic carbocycles. The van der Waals surface area contributed by atoms with Gasteiger partial charge in [0, 0.05) is 32.4 Å². The first kappa shape index (κ1) is 19.1. The van der Waals surface area contributed by atoms with Crippen molar-refractivity contribution in [3.8, 4) is 17.3 Å². The molecule has 5 rings (SSSR count). The second-order valence-corrected chi connectivity index (χ2v) is 7.43. The average Bonchev–Trinajstić information content (AvgIpc) is 3.44. The molecular weight excluding hydrogens is 396 g/mol. The van der Waals surface area contributed by atoms with Gasteiger partial charge in [-0.1, -0.05) is 6.07 Å². The number of rotatable bonds is 6. The van der Waals surface area contributed by atoms with E-state index < -0.39 is 0 Å². The van der Waals surface area contributed by atoms with E-state index in [1.807, 2.05) is 12.1 Å². The van der Waals surface area contributed by atoms with Crippen LogP contribution in [-0.2, 0) is 13.0 Å². The molecule has 0 spiro atoms. The zero-order valence-electron chi connectivity index (χ0n) is 16.7. The SMILES string of the molecule is N=Cc1c(NCCN2CCc3ccc(O)cc3C2)nc(N)n2nc(-c3ccco3)nc12. The summed E-state index contributed by atoms with van der Waals surface area (Å²) in [6.45, 7) is 3.14. The molecule has 0 radical (unpaired) electrons. The van der Waals surface area contributed by atoms with Crippen LogP contribution in [-0.4, -0.2) is 55.4 Å². The monoisotopic (exact) mass is 418 g/mol. The molecule has 158 valence electrons. The Morgan fingerprint density at radius 2 is 2.16 bits per heavy atom. The van der Waals surface area contributed by atoms with Crippen LogP contribution in [0.25, 0.3) is 17.2 Å². The lowest BCUT2D eigenvalue weighted by molar-refractivity contribution is 0.263. The number of nitrogens with two attached hydrogens (primary N) is 1. The van der Waals surface area contributed by atoms with Crippen LogP contribution in [0.3, 0.4) is 0 Å². The summed E-state index contributed by atoms with van der Waals surface area (Å²) in [6, 6.07) is 9.09. The van der Waals surface area contributed by atoms with Crippen LogP contribution in [0.2, 0.25) is 0 Å². The van der Waals surface area contributed by atoms with Crippen LogP contribution in [0.5, 0.6) is 5.75 Å². The van der Waals surface area contributed by atoms with E-state index in [0.717, 1.165) is 31.6 Å². The number of furan rings is 1. The molecule has 10 nitrogen and oxygen atoms in total. The Bertz CT molecular complexity index is 1250. The predicted molar refractivity (Wildman–Crippen MR) is 116 cm³/mol. The van der Waals surface area contributed by atoms with Gasteiger partial charge in [0.1, 0.15) is 11.6 Å². The van der Waals surface area contributed by atoms with Crippen molar-refractivity contribution >= 4 is 23.6 Å². The second kappa shape index (κ2) is 7.73. The molecule has 0 bridgehead atoms. The smallest absolute Gasteiger partial charge is 0.225 e. The number of aromatic hydroxyl groups is 1. The van der Waals surface area contributed by atoms with Crippen molar-refractivity contribution in [1.82, 2.24) is 24.5 Å². The first-order chi connectivity index (χ1) is 15.1. The highest BCUT2D eigenvalue weighted by molar-refractivity contribution is 5.93. The van der Waals surface area contributed by atoms with Gasteiger partial charge in [0.15, 0.2) is 11.4 Å². The number of phenols is 1. The zero-order valence-corrected chi connectivity index (χ0v) is 16.7. The second-order valence-electron chi connectivity index (χ2n) is 7.43. The third-order valence-corrected chi connectivity index (χ3v) is 5.43. The lowest BCUT2D eigenvalue weighted by Crippen LogP contribution is -2.34. The fourth-order valence-corrected chi connectivity index (χ4v) is 3.88. The molecule has 4 heterocycles. The molecule has 0 saturated carbocycles. The lowest BCUT2D eigenvalue weighted by Gasteiger charge is -2.29. The lowest BCUT2D eigenvalue weighted by atomic mass is 9.99. The van der Waals surface area contributed by atoms with E-state index in [-0.39, 0.29) is 5.95 Å². The average molecular weight is 418 g/mol. The fourth-order valence-electron chi connectivity index (χ4n) is 3.88. The molecule has 3 aromatic heterocycles. The van der Waals surface area contributed by atoms with Crippen LogP contribution in [0.15, 0.2) is 41.0 Å². The highest BCUT2D eigenvalue weighted by atomic mass is 16.3. The molecule has 0 atom stereocenters. The van der Waals surface area contributed by atoms with Gasteiger partial charge < -0.3 is 26.0 Å². The number of benzene rings is 1. The number of anilines is 2. The Hall–Kier alpha value is -3.92. The molecule has 1 aliphatic heterocycles. The van der Waals surface area contributed by atoms with Gasteiger partial charge in [-0.05, 0) is 41.8 Å². The molecule has 0 amide bonds. The number of nitrogens with one attached hydrogen (secondary N) is 2. The summed E-state index contributed by atoms with van der Waals surface area (Å²) < 4.78 is 6.78. The zero-order chi connectivity index (χ0) is 21.4. The van der Waals surface area contributed by atoms with Crippen molar-refractivity contribution < 1.29 is 9.52 Å². The van der Waals surface area contributed by atoms with Crippen LogP contribution < -0.4 is 11.1 Å². The van der Waals surface area contributed by atoms with Crippen molar-refractivity contribution in [2.24, 2.45) is 0 Å². The van der Waals surface area contributed by atoms with E-state index in [9.17, 15) is 5.11 Å². The van der Waals surface area contributed by atoms with Crippen LogP contribution in [0.4, 0.5) is 11.8 Å². The van der Waals surface area contributed by atoms with E-state index in [0.29, 0.717) is 40.9 Å². The van der Waals surface area contributed by atoms with Crippen LogP contribution >= 0.6 is 0 Å². The first-order valence-electron chi connectivity index (χ1n) is 10.00. The molecule has 31 heavy (non-hydrogen) atoms. The third-order valence-electron chi connectivity index (χ3n) is 5.43. The topological polar surface area (TPSA) is 142 Å². The standard InChI is InChI=1S/C21H22N8O2/c22-11-16-18(24-6-8-28-7-5-13-3-4-15(30)10-14(13)12-28)26-21(23)29-20(16)25-19(27-29)17-2-1-9-31-17/h1-4,9-11,22,24,30H,5-8,12H2,(H2,23,26). The number of fused-ring (bicyclic) bond motifs is 2. The van der Waals surface area contributed by atoms with Gasteiger partial charge in [-0.3, -0.25) is 4.90 Å². The highest BCUT2D eigenvalue weighted by Gasteiger charge is 2.19. The van der Waals surface area contributed by atoms with E-state index in [2.05, 4.69) is 25.3 Å². The minimum Gasteiger partial charge on any atom is -0.508 e. The number of aromatic nitrogens is 4. The highest BCUT2D eigenvalue weighted by Crippen LogP contribution is 2.24. The first-order valence-corrected chi connectivity index (χ1v) is 10.00. The Kier molecular flexibility index (Phi) is 4.75. The summed E-state index contributed by atoms with van der Waals surface area (Å²) >= 11 is 0. The Balaban J connectivity index is 1.33. The largest absolute Gasteiger partial charge is 0.508 e. The van der Waals surface area contributed by atoms with E-state index in [1.54, 1.807) is 24.5 Å². The molecule has 4 aromatic rings. The van der Waals surface area contributed by atoms with E-state index >= 15 is 0 Å². The van der Waals surface area contributed by atoms with Crippen molar-refractivity contribution in [3.63, 3.8) is 0 Å². The number of nitrogens with zero attached hydrogens (tertiary/aromatic N) is 5. The van der Waals surface area contributed by atoms with Crippen LogP contribution in [0.1, 0.15) is 16.7 Å². The maximum absolute atomic E-state index is 9.74. The third kappa shape index (κ3) is 3.57. The van der Waals surface area contributed by atoms with Crippen molar-refractivity contribution in [3.05, 3.63) is 53.3 Å². The van der Waals surface area contributed by atoms with Crippen LogP contribution in [0, 0.1) is 5.41 Å². The molecule has 0 saturated heterocycles. The van der Waals surface area contributed by atoms with Gasteiger partial charge >= 0.3 is 0 Å². The summed E-state index contributed by atoms with van der Waals surface area (Å²) in [6.07, 6.45) is 3.70. The Morgan fingerprint density at radius 1 is 1.26 bits per heavy atom. The molecule has 1 aromatic carbocycles. The molecular formula is C21H22N8O2. The van der Waals surface area contributed by atoms with Gasteiger partial charge in [-0.25, -0.2) is 4.98 Å². The molecule has 10 heteroatoms. The minimum absolute atomic E-state index is 0.177. The predicted octanol–water partition coefficient (Wildman–Crippen LogP) is 2.14. The van der Waals surface area contributed by atoms with Gasteiger partial charge in [0.25, 0.3) is 0 Å².